The highest BCUT2D eigenvalue weighted by Gasteiger charge is 2.13. The number of hydrogen-bond donors (Lipinski definition) is 1. The second-order valence-electron chi connectivity index (χ2n) is 4.99. The third-order valence-corrected chi connectivity index (χ3v) is 4.44. The van der Waals surface area contributed by atoms with Crippen molar-refractivity contribution >= 4 is 33.0 Å². The lowest BCUT2D eigenvalue weighted by molar-refractivity contribution is 0.462. The predicted molar refractivity (Wildman–Crippen MR) is 85.2 cm³/mol. The summed E-state index contributed by atoms with van der Waals surface area (Å²) < 4.78 is 1.99. The van der Waals surface area contributed by atoms with Crippen LogP contribution in [0.1, 0.15) is 31.8 Å². The van der Waals surface area contributed by atoms with Gasteiger partial charge in [-0.1, -0.05) is 13.8 Å². The minimum atomic E-state index is -0.116. The number of thiazole rings is 1. The van der Waals surface area contributed by atoms with E-state index >= 15 is 0 Å². The SMILES string of the molecule is CC(C)Cn1ncc(NC(C)c2nccs2)c(Br)c1=O. The fourth-order valence-electron chi connectivity index (χ4n) is 1.78. The van der Waals surface area contributed by atoms with Crippen molar-refractivity contribution in [3.63, 3.8) is 0 Å². The fourth-order valence-corrected chi connectivity index (χ4v) is 2.85. The minimum absolute atomic E-state index is 0.0356. The molecule has 7 heteroatoms. The summed E-state index contributed by atoms with van der Waals surface area (Å²) in [5, 5.41) is 10.4. The van der Waals surface area contributed by atoms with Crippen LogP contribution in [0.5, 0.6) is 0 Å². The van der Waals surface area contributed by atoms with Crippen molar-refractivity contribution in [1.82, 2.24) is 14.8 Å². The first-order valence-electron chi connectivity index (χ1n) is 6.40. The van der Waals surface area contributed by atoms with Crippen LogP contribution in [0.15, 0.2) is 27.0 Å². The quantitative estimate of drug-likeness (QED) is 0.892. The minimum Gasteiger partial charge on any atom is -0.374 e. The van der Waals surface area contributed by atoms with Crippen molar-refractivity contribution in [3.05, 3.63) is 37.6 Å². The van der Waals surface area contributed by atoms with Gasteiger partial charge in [-0.2, -0.15) is 5.10 Å². The topological polar surface area (TPSA) is 59.8 Å². The third kappa shape index (κ3) is 3.46. The molecule has 20 heavy (non-hydrogen) atoms. The highest BCUT2D eigenvalue weighted by Crippen LogP contribution is 2.24. The number of aromatic nitrogens is 3. The molecule has 2 rings (SSSR count). The molecule has 0 bridgehead atoms. The van der Waals surface area contributed by atoms with Crippen LogP contribution >= 0.6 is 27.3 Å². The molecule has 0 saturated carbocycles. The Balaban J connectivity index is 2.21. The molecule has 5 nitrogen and oxygen atoms in total. The zero-order valence-corrected chi connectivity index (χ0v) is 14.0. The molecular weight excluding hydrogens is 340 g/mol. The van der Waals surface area contributed by atoms with Gasteiger partial charge in [-0.15, -0.1) is 11.3 Å². The van der Waals surface area contributed by atoms with Crippen LogP contribution in [0.2, 0.25) is 0 Å². The van der Waals surface area contributed by atoms with Gasteiger partial charge in [0.25, 0.3) is 5.56 Å². The van der Waals surface area contributed by atoms with Gasteiger partial charge in [0.05, 0.1) is 17.9 Å². The molecule has 0 aliphatic carbocycles. The van der Waals surface area contributed by atoms with Crippen LogP contribution in [0.3, 0.4) is 0 Å². The highest BCUT2D eigenvalue weighted by atomic mass is 79.9. The van der Waals surface area contributed by atoms with E-state index in [1.54, 1.807) is 23.7 Å². The van der Waals surface area contributed by atoms with E-state index in [-0.39, 0.29) is 11.6 Å². The molecule has 2 heterocycles. The normalized spacial score (nSPS) is 12.7. The van der Waals surface area contributed by atoms with Gasteiger partial charge in [0.1, 0.15) is 9.48 Å². The molecule has 2 aromatic rings. The van der Waals surface area contributed by atoms with Gasteiger partial charge in [-0.05, 0) is 28.8 Å². The molecule has 0 aliphatic heterocycles. The maximum Gasteiger partial charge on any atom is 0.283 e. The molecule has 0 amide bonds. The Labute approximate surface area is 130 Å². The molecule has 1 unspecified atom stereocenters. The van der Waals surface area contributed by atoms with Crippen LogP contribution in [0.4, 0.5) is 5.69 Å². The van der Waals surface area contributed by atoms with Crippen molar-refractivity contribution < 1.29 is 0 Å². The lowest BCUT2D eigenvalue weighted by Crippen LogP contribution is -2.26. The van der Waals surface area contributed by atoms with Crippen LogP contribution < -0.4 is 10.9 Å². The molecular formula is C13H17BrN4OS. The largest absolute Gasteiger partial charge is 0.374 e. The zero-order chi connectivity index (χ0) is 14.7. The third-order valence-electron chi connectivity index (χ3n) is 2.72. The van der Waals surface area contributed by atoms with E-state index in [1.807, 2.05) is 12.3 Å². The molecule has 1 N–H and O–H groups in total. The maximum atomic E-state index is 12.2. The van der Waals surface area contributed by atoms with Crippen molar-refractivity contribution in [2.24, 2.45) is 5.92 Å². The summed E-state index contributed by atoms with van der Waals surface area (Å²) in [5.41, 5.74) is 0.577. The monoisotopic (exact) mass is 356 g/mol. The van der Waals surface area contributed by atoms with E-state index in [4.69, 9.17) is 0 Å². The Bertz CT molecular complexity index is 624. The van der Waals surface area contributed by atoms with Crippen LogP contribution in [-0.2, 0) is 6.54 Å². The lowest BCUT2D eigenvalue weighted by Gasteiger charge is -2.15. The van der Waals surface area contributed by atoms with Crippen LogP contribution in [-0.4, -0.2) is 14.8 Å². The fraction of sp³-hybridized carbons (Fsp3) is 0.462. The summed E-state index contributed by atoms with van der Waals surface area (Å²) >= 11 is 4.94. The van der Waals surface area contributed by atoms with E-state index in [9.17, 15) is 4.79 Å². The Morgan fingerprint density at radius 2 is 2.20 bits per heavy atom. The molecule has 108 valence electrons. The standard InChI is InChI=1S/C13H17BrN4OS/c1-8(2)7-18-13(19)11(14)10(6-16-18)17-9(3)12-15-4-5-20-12/h4-6,8-9,17H,7H2,1-3H3. The Kier molecular flexibility index (Phi) is 4.93. The van der Waals surface area contributed by atoms with Gasteiger partial charge in [0.2, 0.25) is 0 Å². The van der Waals surface area contributed by atoms with Crippen molar-refractivity contribution in [2.75, 3.05) is 5.32 Å². The Hall–Kier alpha value is -1.21. The van der Waals surface area contributed by atoms with E-state index in [2.05, 4.69) is 45.2 Å². The number of hydrogen-bond acceptors (Lipinski definition) is 5. The number of nitrogens with zero attached hydrogens (tertiary/aromatic N) is 3. The summed E-state index contributed by atoms with van der Waals surface area (Å²) in [4.78, 5) is 16.5. The Morgan fingerprint density at radius 1 is 1.45 bits per heavy atom. The molecule has 0 aromatic carbocycles. The molecule has 0 radical (unpaired) electrons. The lowest BCUT2D eigenvalue weighted by atomic mass is 10.2. The first-order valence-corrected chi connectivity index (χ1v) is 8.08. The zero-order valence-electron chi connectivity index (χ0n) is 11.6. The van der Waals surface area contributed by atoms with E-state index in [0.29, 0.717) is 22.6 Å². The van der Waals surface area contributed by atoms with E-state index in [0.717, 1.165) is 5.01 Å². The summed E-state index contributed by atoms with van der Waals surface area (Å²) in [6.07, 6.45) is 3.45. The first-order chi connectivity index (χ1) is 9.49. The highest BCUT2D eigenvalue weighted by molar-refractivity contribution is 9.10. The van der Waals surface area contributed by atoms with Gasteiger partial charge < -0.3 is 5.32 Å². The predicted octanol–water partition coefficient (Wildman–Crippen LogP) is 3.29. The molecule has 0 fully saturated rings. The first kappa shape index (κ1) is 15.2. The maximum absolute atomic E-state index is 12.2. The second kappa shape index (κ2) is 6.49. The second-order valence-corrected chi connectivity index (χ2v) is 6.71. The number of anilines is 1. The van der Waals surface area contributed by atoms with Crippen LogP contribution in [0, 0.1) is 5.92 Å². The van der Waals surface area contributed by atoms with Gasteiger partial charge in [0.15, 0.2) is 0 Å². The van der Waals surface area contributed by atoms with E-state index in [1.165, 1.54) is 4.68 Å². The average molecular weight is 357 g/mol. The summed E-state index contributed by atoms with van der Waals surface area (Å²) in [6, 6.07) is 0.0356. The van der Waals surface area contributed by atoms with Crippen molar-refractivity contribution in [3.8, 4) is 0 Å². The van der Waals surface area contributed by atoms with Gasteiger partial charge in [0, 0.05) is 18.1 Å². The molecule has 0 saturated heterocycles. The van der Waals surface area contributed by atoms with Crippen molar-refractivity contribution in [1.29, 1.82) is 0 Å². The molecule has 0 aliphatic rings. The number of nitrogens with one attached hydrogen (secondary N) is 1. The average Bonchev–Trinajstić information content (AvgIpc) is 2.92. The smallest absolute Gasteiger partial charge is 0.283 e. The summed E-state index contributed by atoms with van der Waals surface area (Å²) in [6.45, 7) is 6.72. The van der Waals surface area contributed by atoms with Gasteiger partial charge >= 0.3 is 0 Å². The number of halogens is 1. The van der Waals surface area contributed by atoms with Gasteiger partial charge in [-0.25, -0.2) is 9.67 Å². The number of rotatable bonds is 5. The molecule has 1 atom stereocenters. The van der Waals surface area contributed by atoms with Gasteiger partial charge in [-0.3, -0.25) is 4.79 Å². The summed E-state index contributed by atoms with van der Waals surface area (Å²) in [5.74, 6) is 0.375. The van der Waals surface area contributed by atoms with Crippen LogP contribution in [0.25, 0.3) is 0 Å². The Morgan fingerprint density at radius 3 is 2.80 bits per heavy atom. The summed E-state index contributed by atoms with van der Waals surface area (Å²) in [7, 11) is 0. The van der Waals surface area contributed by atoms with E-state index < -0.39 is 0 Å². The molecule has 2 aromatic heterocycles. The molecule has 0 spiro atoms. The van der Waals surface area contributed by atoms with Crippen molar-refractivity contribution in [2.45, 2.75) is 33.4 Å².